The van der Waals surface area contributed by atoms with E-state index in [1.165, 1.54) is 21.6 Å². The van der Waals surface area contributed by atoms with Crippen LogP contribution in [0.25, 0.3) is 0 Å². The topological polar surface area (TPSA) is 180 Å². The fourth-order valence-corrected chi connectivity index (χ4v) is 5.03. The van der Waals surface area contributed by atoms with Gasteiger partial charge in [0.15, 0.2) is 0 Å². The molecule has 1 amide bonds. The van der Waals surface area contributed by atoms with Gasteiger partial charge in [-0.3, -0.25) is 38.7 Å². The number of rotatable bonds is 24. The highest BCUT2D eigenvalue weighted by molar-refractivity contribution is 8.15. The van der Waals surface area contributed by atoms with E-state index in [1.54, 1.807) is 23.5 Å². The van der Waals surface area contributed by atoms with Gasteiger partial charge in [0.05, 0.1) is 32.7 Å². The van der Waals surface area contributed by atoms with Crippen molar-refractivity contribution in [2.24, 2.45) is 0 Å². The third-order valence-electron chi connectivity index (χ3n) is 4.59. The van der Waals surface area contributed by atoms with Gasteiger partial charge in [-0.25, -0.2) is 0 Å². The van der Waals surface area contributed by atoms with Gasteiger partial charge < -0.3 is 26.0 Å². The fourth-order valence-electron chi connectivity index (χ4n) is 3.03. The zero-order valence-corrected chi connectivity index (χ0v) is 22.6. The number of aliphatic carboxylic acids is 3. The van der Waals surface area contributed by atoms with Gasteiger partial charge in [-0.1, -0.05) is 0 Å². The standard InChI is InChI=1S/C21H39N5O8S2/c1-17(27)11-25(14-20(31)32)7-5-24(13-19(29)30)6-8-26(15-21(33)34)12-18(28)23-4-10-36-16-35-9-3-22-2/h22H,3-16H2,1-2H3,(H,23,28)(H,29,30)(H,31,32)(H,33,34). The fraction of sp³-hybridized carbons (Fsp3) is 0.762. The molecule has 0 heterocycles. The van der Waals surface area contributed by atoms with Gasteiger partial charge in [-0.15, -0.1) is 23.5 Å². The van der Waals surface area contributed by atoms with E-state index in [4.69, 9.17) is 5.11 Å². The molecule has 0 fully saturated rings. The first-order valence-corrected chi connectivity index (χ1v) is 13.7. The minimum atomic E-state index is -1.11. The minimum absolute atomic E-state index is 0.0779. The summed E-state index contributed by atoms with van der Waals surface area (Å²) in [6.45, 7) is 1.96. The molecule has 0 spiro atoms. The van der Waals surface area contributed by atoms with Crippen molar-refractivity contribution in [1.29, 1.82) is 0 Å². The molecule has 13 nitrogen and oxygen atoms in total. The molecule has 208 valence electrons. The zero-order chi connectivity index (χ0) is 27.3. The van der Waals surface area contributed by atoms with E-state index < -0.39 is 17.9 Å². The summed E-state index contributed by atoms with van der Waals surface area (Å²) < 4.78 is 0. The predicted octanol–water partition coefficient (Wildman–Crippen LogP) is -1.51. The van der Waals surface area contributed by atoms with Gasteiger partial charge in [0.1, 0.15) is 5.78 Å². The number of nitrogens with one attached hydrogen (secondary N) is 2. The first kappa shape index (κ1) is 34.1. The molecule has 0 atom stereocenters. The van der Waals surface area contributed by atoms with E-state index in [1.807, 2.05) is 7.05 Å². The van der Waals surface area contributed by atoms with Crippen molar-refractivity contribution in [1.82, 2.24) is 25.3 Å². The summed E-state index contributed by atoms with van der Waals surface area (Å²) >= 11 is 3.50. The Morgan fingerprint density at radius 1 is 0.667 bits per heavy atom. The Bertz CT molecular complexity index is 685. The number of carboxylic acids is 3. The maximum atomic E-state index is 12.3. The maximum Gasteiger partial charge on any atom is 0.317 e. The lowest BCUT2D eigenvalue weighted by Gasteiger charge is -2.27. The highest BCUT2D eigenvalue weighted by atomic mass is 32.2. The molecule has 0 aliphatic carbocycles. The van der Waals surface area contributed by atoms with Gasteiger partial charge in [-0.05, 0) is 14.0 Å². The molecule has 15 heteroatoms. The Balaban J connectivity index is 4.71. The number of Topliss-reactive ketones (excluding diaryl/α,β-unsaturated/α-hetero) is 1. The van der Waals surface area contributed by atoms with Crippen molar-refractivity contribution >= 4 is 53.1 Å². The number of carboxylic acid groups (broad SMARTS) is 3. The second-order valence-electron chi connectivity index (χ2n) is 7.97. The Hall–Kier alpha value is -1.91. The van der Waals surface area contributed by atoms with Crippen LogP contribution in [0.1, 0.15) is 6.92 Å². The molecular formula is C21H39N5O8S2. The first-order valence-electron chi connectivity index (χ1n) is 11.4. The van der Waals surface area contributed by atoms with Crippen molar-refractivity contribution in [2.75, 3.05) is 95.6 Å². The van der Waals surface area contributed by atoms with Crippen LogP contribution in [-0.4, -0.2) is 155 Å². The summed E-state index contributed by atoms with van der Waals surface area (Å²) in [6.07, 6.45) is 0. The summed E-state index contributed by atoms with van der Waals surface area (Å²) in [4.78, 5) is 61.6. The molecule has 0 aromatic heterocycles. The molecule has 0 radical (unpaired) electrons. The zero-order valence-electron chi connectivity index (χ0n) is 20.9. The van der Waals surface area contributed by atoms with Crippen LogP contribution in [0, 0.1) is 0 Å². The van der Waals surface area contributed by atoms with Crippen LogP contribution in [0.2, 0.25) is 0 Å². The molecule has 0 aromatic carbocycles. The summed E-state index contributed by atoms with van der Waals surface area (Å²) in [5.41, 5.74) is 0. The van der Waals surface area contributed by atoms with Crippen molar-refractivity contribution in [3.63, 3.8) is 0 Å². The van der Waals surface area contributed by atoms with Crippen LogP contribution < -0.4 is 10.6 Å². The first-order chi connectivity index (χ1) is 17.0. The quantitative estimate of drug-likeness (QED) is 0.0688. The van der Waals surface area contributed by atoms with Crippen molar-refractivity contribution < 1.29 is 39.3 Å². The van der Waals surface area contributed by atoms with Crippen molar-refractivity contribution in [3.05, 3.63) is 0 Å². The number of thioether (sulfide) groups is 2. The van der Waals surface area contributed by atoms with Gasteiger partial charge in [-0.2, -0.15) is 0 Å². The highest BCUT2D eigenvalue weighted by Gasteiger charge is 2.19. The molecule has 0 aliphatic heterocycles. The van der Waals surface area contributed by atoms with Crippen LogP contribution >= 0.6 is 23.5 Å². The Morgan fingerprint density at radius 3 is 1.58 bits per heavy atom. The third-order valence-corrected chi connectivity index (χ3v) is 6.91. The summed E-state index contributed by atoms with van der Waals surface area (Å²) in [6, 6.07) is 0. The minimum Gasteiger partial charge on any atom is -0.480 e. The molecule has 36 heavy (non-hydrogen) atoms. The van der Waals surface area contributed by atoms with E-state index >= 15 is 0 Å². The number of carbonyl (C=O) groups excluding carboxylic acids is 2. The normalized spacial score (nSPS) is 11.2. The molecule has 0 unspecified atom stereocenters. The molecular weight excluding hydrogens is 514 g/mol. The monoisotopic (exact) mass is 553 g/mol. The maximum absolute atomic E-state index is 12.3. The van der Waals surface area contributed by atoms with Gasteiger partial charge in [0.25, 0.3) is 0 Å². The van der Waals surface area contributed by atoms with Crippen LogP contribution in [0.3, 0.4) is 0 Å². The van der Waals surface area contributed by atoms with E-state index in [0.29, 0.717) is 6.54 Å². The number of hydrogen-bond acceptors (Lipinski definition) is 11. The van der Waals surface area contributed by atoms with Crippen LogP contribution in [0.15, 0.2) is 0 Å². The number of nitrogens with zero attached hydrogens (tertiary/aromatic N) is 3. The summed E-state index contributed by atoms with van der Waals surface area (Å²) in [5.74, 6) is -2.12. The number of hydrogen-bond donors (Lipinski definition) is 5. The number of ketones is 1. The molecule has 5 N–H and O–H groups in total. The van der Waals surface area contributed by atoms with E-state index in [-0.39, 0.29) is 70.6 Å². The van der Waals surface area contributed by atoms with Gasteiger partial charge in [0, 0.05) is 55.9 Å². The van der Waals surface area contributed by atoms with Crippen molar-refractivity contribution in [2.45, 2.75) is 6.92 Å². The number of carbonyl (C=O) groups is 5. The Morgan fingerprint density at radius 2 is 1.11 bits per heavy atom. The lowest BCUT2D eigenvalue weighted by Crippen LogP contribution is -2.46. The van der Waals surface area contributed by atoms with Crippen molar-refractivity contribution in [3.8, 4) is 0 Å². The smallest absolute Gasteiger partial charge is 0.317 e. The van der Waals surface area contributed by atoms with Gasteiger partial charge in [0.2, 0.25) is 5.91 Å². The second-order valence-corrected chi connectivity index (χ2v) is 10.5. The van der Waals surface area contributed by atoms with E-state index in [0.717, 1.165) is 23.1 Å². The summed E-state index contributed by atoms with van der Waals surface area (Å²) in [5, 5.41) is 34.2. The van der Waals surface area contributed by atoms with E-state index in [9.17, 15) is 34.2 Å². The lowest BCUT2D eigenvalue weighted by atomic mass is 10.3. The molecule has 0 saturated heterocycles. The van der Waals surface area contributed by atoms with Crippen LogP contribution in [0.5, 0.6) is 0 Å². The highest BCUT2D eigenvalue weighted by Crippen LogP contribution is 2.10. The molecule has 0 rings (SSSR count). The largest absolute Gasteiger partial charge is 0.480 e. The predicted molar refractivity (Wildman–Crippen MR) is 140 cm³/mol. The average molecular weight is 554 g/mol. The Kier molecular flexibility index (Phi) is 20.1. The SMILES string of the molecule is CNCCSCSCCNC(=O)CN(CCN(CCN(CC(C)=O)CC(=O)O)CC(=O)O)CC(=O)O. The van der Waals surface area contributed by atoms with E-state index in [2.05, 4.69) is 10.6 Å². The second kappa shape index (κ2) is 21.2. The molecule has 0 saturated carbocycles. The van der Waals surface area contributed by atoms with Gasteiger partial charge >= 0.3 is 17.9 Å². The molecule has 0 bridgehead atoms. The Labute approximate surface area is 220 Å². The molecule has 0 aromatic rings. The number of amides is 1. The summed E-state index contributed by atoms with van der Waals surface area (Å²) in [7, 11) is 1.90. The van der Waals surface area contributed by atoms with Crippen LogP contribution in [-0.2, 0) is 24.0 Å². The van der Waals surface area contributed by atoms with Crippen LogP contribution in [0.4, 0.5) is 0 Å². The molecule has 0 aliphatic rings. The lowest BCUT2D eigenvalue weighted by molar-refractivity contribution is -0.141. The third kappa shape index (κ3) is 21.4. The average Bonchev–Trinajstić information content (AvgIpc) is 2.75.